The minimum Gasteiger partial charge on any atom is -0.344 e. The molecule has 4 aromatic heterocycles. The third-order valence-electron chi connectivity index (χ3n) is 9.35. The molecule has 0 saturated carbocycles. The van der Waals surface area contributed by atoms with Crippen LogP contribution in [0.15, 0.2) is 109 Å². The molecule has 0 unspecified atom stereocenters. The van der Waals surface area contributed by atoms with E-state index in [4.69, 9.17) is 0 Å². The molecule has 0 spiro atoms. The first kappa shape index (κ1) is 23.0. The molecule has 0 aliphatic heterocycles. The third-order valence-corrected chi connectivity index (χ3v) is 11.8. The number of hydrogen-bond donors (Lipinski definition) is 0. The molecule has 0 N–H and O–H groups in total. The summed E-state index contributed by atoms with van der Waals surface area (Å²) >= 11 is 3.84. The van der Waals surface area contributed by atoms with Gasteiger partial charge < -0.3 is 9.13 Å². The average Bonchev–Trinajstić information content (AvgIpc) is 3.75. The Morgan fingerprint density at radius 2 is 1.07 bits per heavy atom. The van der Waals surface area contributed by atoms with Gasteiger partial charge in [-0.2, -0.15) is 0 Å². The fourth-order valence-corrected chi connectivity index (χ4v) is 9.90. The molecule has 0 fully saturated rings. The lowest BCUT2D eigenvalue weighted by Gasteiger charge is -2.08. The number of benzene rings is 6. The van der Waals surface area contributed by atoms with Crippen molar-refractivity contribution in [3.63, 3.8) is 0 Å². The van der Waals surface area contributed by atoms with E-state index in [9.17, 15) is 0 Å². The van der Waals surface area contributed by atoms with Crippen molar-refractivity contribution in [1.82, 2.24) is 9.13 Å². The molecular formula is C38H24N2S2. The van der Waals surface area contributed by atoms with Crippen LogP contribution in [0.3, 0.4) is 0 Å². The fraction of sp³-hybridized carbons (Fsp3) is 0.0526. The van der Waals surface area contributed by atoms with Crippen molar-refractivity contribution in [1.29, 1.82) is 0 Å². The Hall–Kier alpha value is -4.64. The maximum absolute atomic E-state index is 2.45. The highest BCUT2D eigenvalue weighted by atomic mass is 32.1. The summed E-state index contributed by atoms with van der Waals surface area (Å²) in [7, 11) is 4.41. The zero-order valence-electron chi connectivity index (χ0n) is 23.1. The molecule has 4 heteroatoms. The van der Waals surface area contributed by atoms with Gasteiger partial charge in [-0.05, 0) is 48.0 Å². The monoisotopic (exact) mass is 572 g/mol. The lowest BCUT2D eigenvalue weighted by molar-refractivity contribution is 1.01. The van der Waals surface area contributed by atoms with Crippen LogP contribution in [0.1, 0.15) is 0 Å². The van der Waals surface area contributed by atoms with Crippen LogP contribution < -0.4 is 0 Å². The Kier molecular flexibility index (Phi) is 4.38. The molecule has 10 rings (SSSR count). The summed E-state index contributed by atoms with van der Waals surface area (Å²) in [6, 6.07) is 40.7. The summed E-state index contributed by atoms with van der Waals surface area (Å²) in [5, 5.41) is 10.8. The zero-order valence-corrected chi connectivity index (χ0v) is 24.7. The summed E-state index contributed by atoms with van der Waals surface area (Å²) < 4.78 is 10.2. The molecule has 198 valence electrons. The van der Waals surface area contributed by atoms with Crippen LogP contribution in [0.25, 0.3) is 95.1 Å². The van der Waals surface area contributed by atoms with Gasteiger partial charge in [0, 0.05) is 92.6 Å². The minimum atomic E-state index is 1.27. The van der Waals surface area contributed by atoms with E-state index in [0.29, 0.717) is 0 Å². The van der Waals surface area contributed by atoms with Crippen molar-refractivity contribution >= 4 is 107 Å². The summed E-state index contributed by atoms with van der Waals surface area (Å²) in [6.07, 6.45) is 0. The fourth-order valence-electron chi connectivity index (χ4n) is 7.39. The molecule has 0 aliphatic rings. The number of hydrogen-bond acceptors (Lipinski definition) is 2. The van der Waals surface area contributed by atoms with E-state index in [1.54, 1.807) is 0 Å². The Morgan fingerprint density at radius 1 is 0.429 bits per heavy atom. The predicted molar refractivity (Wildman–Crippen MR) is 186 cm³/mol. The Bertz CT molecular complexity index is 2760. The predicted octanol–water partition coefficient (Wildman–Crippen LogP) is 11.4. The molecule has 42 heavy (non-hydrogen) atoms. The third kappa shape index (κ3) is 2.79. The molecule has 0 atom stereocenters. The van der Waals surface area contributed by atoms with Crippen LogP contribution in [0, 0.1) is 0 Å². The molecule has 0 saturated heterocycles. The van der Waals surface area contributed by atoms with Crippen molar-refractivity contribution in [2.24, 2.45) is 14.1 Å². The Labute approximate surface area is 249 Å². The van der Waals surface area contributed by atoms with Gasteiger partial charge in [0.25, 0.3) is 0 Å². The first-order valence-corrected chi connectivity index (χ1v) is 15.9. The topological polar surface area (TPSA) is 9.86 Å². The van der Waals surface area contributed by atoms with Gasteiger partial charge in [-0.25, -0.2) is 0 Å². The van der Waals surface area contributed by atoms with Gasteiger partial charge in [0.2, 0.25) is 0 Å². The number of rotatable bonds is 1. The number of nitrogens with zero attached hydrogens (tertiary/aromatic N) is 2. The van der Waals surface area contributed by atoms with Crippen LogP contribution in [-0.4, -0.2) is 9.13 Å². The molecule has 0 radical (unpaired) electrons. The quantitative estimate of drug-likeness (QED) is 0.185. The van der Waals surface area contributed by atoms with E-state index in [-0.39, 0.29) is 0 Å². The second-order valence-corrected chi connectivity index (χ2v) is 13.5. The second-order valence-electron chi connectivity index (χ2n) is 11.4. The van der Waals surface area contributed by atoms with Crippen LogP contribution in [0.4, 0.5) is 0 Å². The van der Waals surface area contributed by atoms with Crippen molar-refractivity contribution in [2.45, 2.75) is 0 Å². The van der Waals surface area contributed by atoms with Gasteiger partial charge in [-0.3, -0.25) is 0 Å². The Balaban J connectivity index is 1.37. The molecule has 0 amide bonds. The number of aromatic nitrogens is 2. The summed E-state index contributed by atoms with van der Waals surface area (Å²) in [5.41, 5.74) is 7.71. The first-order valence-electron chi connectivity index (χ1n) is 14.3. The van der Waals surface area contributed by atoms with E-state index < -0.39 is 0 Å². The van der Waals surface area contributed by atoms with E-state index in [1.165, 1.54) is 95.1 Å². The SMILES string of the molecule is Cn1c2ccc(-c3cc4c(c5ccccc5n4C)c4c3sc3ccccc34)cc2c2c3sc4ccccc4c3ccc21. The van der Waals surface area contributed by atoms with Crippen molar-refractivity contribution in [3.8, 4) is 11.1 Å². The normalized spacial score (nSPS) is 12.5. The average molecular weight is 573 g/mol. The molecular weight excluding hydrogens is 549 g/mol. The van der Waals surface area contributed by atoms with Crippen LogP contribution in [-0.2, 0) is 14.1 Å². The maximum atomic E-state index is 2.45. The van der Waals surface area contributed by atoms with Gasteiger partial charge in [0.1, 0.15) is 0 Å². The van der Waals surface area contributed by atoms with Gasteiger partial charge in [0.05, 0.1) is 11.0 Å². The van der Waals surface area contributed by atoms with Gasteiger partial charge >= 0.3 is 0 Å². The van der Waals surface area contributed by atoms with Crippen LogP contribution in [0.5, 0.6) is 0 Å². The lowest BCUT2D eigenvalue weighted by atomic mass is 9.97. The zero-order chi connectivity index (χ0) is 27.7. The minimum absolute atomic E-state index is 1.27. The number of para-hydroxylation sites is 1. The van der Waals surface area contributed by atoms with Crippen LogP contribution >= 0.6 is 22.7 Å². The Morgan fingerprint density at radius 3 is 1.93 bits per heavy atom. The standard InChI is InChI=1S/C38H24N2S2/c1-39-29-17-15-21(19-27(29)35-30(39)18-16-23-22-9-4-7-13-32(22)41-37(23)35)26-20-31-34(24-10-3-6-12-28(24)40(31)2)36-25-11-5-8-14-33(25)42-38(26)36/h3-20H,1-2H3. The van der Waals surface area contributed by atoms with E-state index in [1.807, 2.05) is 22.7 Å². The second kappa shape index (κ2) is 8.01. The summed E-state index contributed by atoms with van der Waals surface area (Å²) in [5.74, 6) is 0. The van der Waals surface area contributed by atoms with E-state index in [0.717, 1.165) is 0 Å². The highest BCUT2D eigenvalue weighted by Gasteiger charge is 2.21. The van der Waals surface area contributed by atoms with Crippen molar-refractivity contribution < 1.29 is 0 Å². The molecule has 10 aromatic rings. The maximum Gasteiger partial charge on any atom is 0.0503 e. The molecule has 0 bridgehead atoms. The largest absolute Gasteiger partial charge is 0.344 e. The number of thiophene rings is 2. The number of aryl methyl sites for hydroxylation is 2. The molecule has 2 nitrogen and oxygen atoms in total. The van der Waals surface area contributed by atoms with Crippen molar-refractivity contribution in [2.75, 3.05) is 0 Å². The molecule has 0 aliphatic carbocycles. The van der Waals surface area contributed by atoms with Gasteiger partial charge in [-0.15, -0.1) is 22.7 Å². The summed E-state index contributed by atoms with van der Waals surface area (Å²) in [4.78, 5) is 0. The van der Waals surface area contributed by atoms with Crippen LogP contribution in [0.2, 0.25) is 0 Å². The highest BCUT2D eigenvalue weighted by molar-refractivity contribution is 7.27. The van der Waals surface area contributed by atoms with E-state index in [2.05, 4.69) is 132 Å². The summed E-state index contributed by atoms with van der Waals surface area (Å²) in [6.45, 7) is 0. The van der Waals surface area contributed by atoms with Crippen molar-refractivity contribution in [3.05, 3.63) is 109 Å². The lowest BCUT2D eigenvalue weighted by Crippen LogP contribution is -1.88. The highest BCUT2D eigenvalue weighted by Crippen LogP contribution is 2.48. The van der Waals surface area contributed by atoms with Gasteiger partial charge in [-0.1, -0.05) is 66.7 Å². The smallest absolute Gasteiger partial charge is 0.0503 e. The number of fused-ring (bicyclic) bond motifs is 14. The first-order chi connectivity index (χ1) is 20.7. The molecule has 4 heterocycles. The molecule has 6 aromatic carbocycles. The van der Waals surface area contributed by atoms with E-state index >= 15 is 0 Å². The van der Waals surface area contributed by atoms with Gasteiger partial charge in [0.15, 0.2) is 0 Å².